The number of anilines is 1. The first-order valence-electron chi connectivity index (χ1n) is 9.01. The van der Waals surface area contributed by atoms with E-state index in [0.717, 1.165) is 16.2 Å². The topological polar surface area (TPSA) is 72.9 Å². The van der Waals surface area contributed by atoms with E-state index in [-0.39, 0.29) is 11.8 Å². The highest BCUT2D eigenvalue weighted by atomic mass is 32.2. The zero-order valence-corrected chi connectivity index (χ0v) is 17.3. The molecule has 0 spiro atoms. The van der Waals surface area contributed by atoms with Crippen molar-refractivity contribution in [3.63, 3.8) is 0 Å². The Bertz CT molecular complexity index is 1030. The fourth-order valence-electron chi connectivity index (χ4n) is 3.63. The van der Waals surface area contributed by atoms with Crippen molar-refractivity contribution < 1.29 is 22.7 Å². The van der Waals surface area contributed by atoms with Crippen LogP contribution < -0.4 is 13.8 Å². The maximum atomic E-state index is 12.7. The first-order valence-corrected chi connectivity index (χ1v) is 11.8. The molecule has 8 heteroatoms. The Labute approximate surface area is 168 Å². The number of hydrogen-bond acceptors (Lipinski definition) is 6. The summed E-state index contributed by atoms with van der Waals surface area (Å²) in [5, 5.41) is 0. The monoisotopic (exact) mass is 419 g/mol. The lowest BCUT2D eigenvalue weighted by molar-refractivity contribution is 0.102. The molecule has 0 fully saturated rings. The van der Waals surface area contributed by atoms with E-state index in [4.69, 9.17) is 9.47 Å². The van der Waals surface area contributed by atoms with Gasteiger partial charge in [0.2, 0.25) is 10.0 Å². The largest absolute Gasteiger partial charge is 0.486 e. The molecule has 0 saturated heterocycles. The van der Waals surface area contributed by atoms with Gasteiger partial charge in [0, 0.05) is 16.5 Å². The van der Waals surface area contributed by atoms with Crippen molar-refractivity contribution in [3.8, 4) is 11.5 Å². The number of carbonyl (C=O) groups is 1. The van der Waals surface area contributed by atoms with Gasteiger partial charge in [-0.15, -0.1) is 11.8 Å². The number of ether oxygens (including phenoxy) is 2. The second kappa shape index (κ2) is 7.33. The van der Waals surface area contributed by atoms with Gasteiger partial charge in [0.25, 0.3) is 0 Å². The number of Topliss-reactive ketones (excluding diaryl/α,β-unsaturated/α-hetero) is 1. The Hall–Kier alpha value is -2.19. The van der Waals surface area contributed by atoms with Crippen LogP contribution in [0.5, 0.6) is 11.5 Å². The van der Waals surface area contributed by atoms with Crippen molar-refractivity contribution in [1.82, 2.24) is 0 Å². The van der Waals surface area contributed by atoms with Crippen LogP contribution >= 0.6 is 11.8 Å². The van der Waals surface area contributed by atoms with Gasteiger partial charge < -0.3 is 9.47 Å². The van der Waals surface area contributed by atoms with Crippen LogP contribution in [0.25, 0.3) is 0 Å². The predicted molar refractivity (Wildman–Crippen MR) is 109 cm³/mol. The maximum absolute atomic E-state index is 12.7. The van der Waals surface area contributed by atoms with Crippen molar-refractivity contribution in [2.24, 2.45) is 0 Å². The Morgan fingerprint density at radius 1 is 1.14 bits per heavy atom. The molecule has 2 aliphatic rings. The van der Waals surface area contributed by atoms with Gasteiger partial charge in [-0.1, -0.05) is 0 Å². The van der Waals surface area contributed by atoms with E-state index in [1.54, 1.807) is 12.1 Å². The summed E-state index contributed by atoms with van der Waals surface area (Å²) in [7, 11) is -3.33. The summed E-state index contributed by atoms with van der Waals surface area (Å²) in [6.45, 7) is 2.95. The molecular formula is C20H21NO5S2. The zero-order valence-electron chi connectivity index (χ0n) is 15.7. The van der Waals surface area contributed by atoms with Gasteiger partial charge in [-0.25, -0.2) is 8.42 Å². The molecule has 0 aromatic heterocycles. The molecule has 0 radical (unpaired) electrons. The minimum atomic E-state index is -3.33. The fourth-order valence-corrected chi connectivity index (χ4v) is 5.71. The second-order valence-electron chi connectivity index (χ2n) is 6.97. The van der Waals surface area contributed by atoms with E-state index >= 15 is 0 Å². The molecule has 0 bridgehead atoms. The third-order valence-electron chi connectivity index (χ3n) is 4.80. The van der Waals surface area contributed by atoms with E-state index in [9.17, 15) is 13.2 Å². The van der Waals surface area contributed by atoms with Gasteiger partial charge >= 0.3 is 0 Å². The summed E-state index contributed by atoms with van der Waals surface area (Å²) >= 11 is 1.44. The molecule has 0 unspecified atom stereocenters. The van der Waals surface area contributed by atoms with Gasteiger partial charge in [-0.3, -0.25) is 9.10 Å². The number of sulfonamides is 1. The normalized spacial score (nSPS) is 18.1. The number of nitrogens with zero attached hydrogens (tertiary/aromatic N) is 1. The molecule has 2 aromatic carbocycles. The molecule has 0 aliphatic carbocycles. The molecule has 28 heavy (non-hydrogen) atoms. The third-order valence-corrected chi connectivity index (χ3v) is 7.06. The number of thioether (sulfide) groups is 1. The van der Waals surface area contributed by atoms with Crippen molar-refractivity contribution >= 4 is 33.3 Å². The molecule has 0 saturated carbocycles. The SMILES string of the molecule is C[C@H]1Cc2cc(C(=O)CSc3ccc4c(c3)OCCO4)ccc2N1S(C)(=O)=O. The Kier molecular flexibility index (Phi) is 5.01. The molecule has 2 aliphatic heterocycles. The quantitative estimate of drug-likeness (QED) is 0.548. The Morgan fingerprint density at radius 3 is 2.64 bits per heavy atom. The number of ketones is 1. The average Bonchev–Trinajstić information content (AvgIpc) is 3.01. The molecule has 6 nitrogen and oxygen atoms in total. The molecule has 0 N–H and O–H groups in total. The van der Waals surface area contributed by atoms with E-state index in [2.05, 4.69) is 0 Å². The highest BCUT2D eigenvalue weighted by molar-refractivity contribution is 8.00. The molecule has 2 aromatic rings. The van der Waals surface area contributed by atoms with Crippen LogP contribution in [0, 0.1) is 0 Å². The van der Waals surface area contributed by atoms with Crippen LogP contribution in [0.15, 0.2) is 41.3 Å². The number of fused-ring (bicyclic) bond motifs is 2. The van der Waals surface area contributed by atoms with Gasteiger partial charge in [0.05, 0.1) is 17.7 Å². The molecule has 148 valence electrons. The maximum Gasteiger partial charge on any atom is 0.232 e. The van der Waals surface area contributed by atoms with E-state index < -0.39 is 10.0 Å². The lowest BCUT2D eigenvalue weighted by Gasteiger charge is -2.21. The minimum absolute atomic E-state index is 0.00754. The first kappa shape index (κ1) is 19.1. The molecule has 2 heterocycles. The number of benzene rings is 2. The lowest BCUT2D eigenvalue weighted by Crippen LogP contribution is -2.34. The Morgan fingerprint density at radius 2 is 1.89 bits per heavy atom. The zero-order chi connectivity index (χ0) is 19.9. The standard InChI is InChI=1S/C20H21NO5S2/c1-13-9-15-10-14(3-5-17(15)21(13)28(2,23)24)18(22)12-27-16-4-6-19-20(11-16)26-8-7-25-19/h3-6,10-11,13H,7-9,12H2,1-2H3/t13-/m0/s1. The molecule has 1 atom stereocenters. The summed E-state index contributed by atoms with van der Waals surface area (Å²) in [5.74, 6) is 1.73. The molecule has 4 rings (SSSR count). The average molecular weight is 420 g/mol. The number of carbonyl (C=O) groups excluding carboxylic acids is 1. The summed E-state index contributed by atoms with van der Waals surface area (Å²) in [4.78, 5) is 13.6. The summed E-state index contributed by atoms with van der Waals surface area (Å²) in [6.07, 6.45) is 1.82. The van der Waals surface area contributed by atoms with Crippen molar-refractivity contribution in [2.75, 3.05) is 29.5 Å². The Balaban J connectivity index is 1.47. The van der Waals surface area contributed by atoms with Crippen LogP contribution in [0.1, 0.15) is 22.8 Å². The fraction of sp³-hybridized carbons (Fsp3) is 0.350. The van der Waals surface area contributed by atoms with Crippen molar-refractivity contribution in [2.45, 2.75) is 24.3 Å². The van der Waals surface area contributed by atoms with E-state index in [1.807, 2.05) is 31.2 Å². The lowest BCUT2D eigenvalue weighted by atomic mass is 10.0. The van der Waals surface area contributed by atoms with E-state index in [0.29, 0.717) is 42.4 Å². The minimum Gasteiger partial charge on any atom is -0.486 e. The van der Waals surface area contributed by atoms with Crippen LogP contribution in [0.2, 0.25) is 0 Å². The summed E-state index contributed by atoms with van der Waals surface area (Å²) < 4.78 is 36.6. The molecule has 0 amide bonds. The first-order chi connectivity index (χ1) is 13.3. The summed E-state index contributed by atoms with van der Waals surface area (Å²) in [6, 6.07) is 10.8. The van der Waals surface area contributed by atoms with Crippen LogP contribution in [0.4, 0.5) is 5.69 Å². The summed E-state index contributed by atoms with van der Waals surface area (Å²) in [5.41, 5.74) is 2.17. The van der Waals surface area contributed by atoms with Crippen molar-refractivity contribution in [1.29, 1.82) is 0 Å². The highest BCUT2D eigenvalue weighted by Crippen LogP contribution is 2.36. The number of rotatable bonds is 5. The predicted octanol–water partition coefficient (Wildman–Crippen LogP) is 3.14. The third kappa shape index (κ3) is 3.71. The van der Waals surface area contributed by atoms with Crippen LogP contribution in [-0.2, 0) is 16.4 Å². The van der Waals surface area contributed by atoms with Crippen LogP contribution in [0.3, 0.4) is 0 Å². The van der Waals surface area contributed by atoms with Gasteiger partial charge in [0.15, 0.2) is 17.3 Å². The van der Waals surface area contributed by atoms with Gasteiger partial charge in [-0.2, -0.15) is 0 Å². The highest BCUT2D eigenvalue weighted by Gasteiger charge is 2.32. The number of hydrogen-bond donors (Lipinski definition) is 0. The van der Waals surface area contributed by atoms with E-state index in [1.165, 1.54) is 22.3 Å². The van der Waals surface area contributed by atoms with Gasteiger partial charge in [0.1, 0.15) is 13.2 Å². The van der Waals surface area contributed by atoms with Crippen LogP contribution in [-0.4, -0.2) is 45.5 Å². The van der Waals surface area contributed by atoms with Crippen molar-refractivity contribution in [3.05, 3.63) is 47.5 Å². The molecular weight excluding hydrogens is 398 g/mol. The van der Waals surface area contributed by atoms with Gasteiger partial charge in [-0.05, 0) is 55.3 Å². The second-order valence-corrected chi connectivity index (χ2v) is 9.88. The smallest absolute Gasteiger partial charge is 0.232 e.